The molecular formula is C25H23ClN2O3. The number of carbonyl (C=O) groups is 3. The van der Waals surface area contributed by atoms with Crippen molar-refractivity contribution in [3.8, 4) is 0 Å². The zero-order valence-corrected chi connectivity index (χ0v) is 18.1. The maximum atomic E-state index is 12.9. The number of hydrogen-bond acceptors (Lipinski definition) is 3. The van der Waals surface area contributed by atoms with Crippen LogP contribution in [0.4, 0.5) is 5.69 Å². The van der Waals surface area contributed by atoms with E-state index in [1.54, 1.807) is 60.7 Å². The Morgan fingerprint density at radius 1 is 0.839 bits per heavy atom. The van der Waals surface area contributed by atoms with Gasteiger partial charge in [-0.1, -0.05) is 55.8 Å². The molecule has 0 aromatic heterocycles. The molecule has 2 amide bonds. The van der Waals surface area contributed by atoms with Gasteiger partial charge in [-0.15, -0.1) is 0 Å². The summed E-state index contributed by atoms with van der Waals surface area (Å²) in [6.45, 7) is 3.95. The van der Waals surface area contributed by atoms with E-state index in [2.05, 4.69) is 10.6 Å². The van der Waals surface area contributed by atoms with Crippen LogP contribution in [0.1, 0.15) is 45.7 Å². The lowest BCUT2D eigenvalue weighted by Crippen LogP contribution is -2.25. The molecule has 0 saturated heterocycles. The van der Waals surface area contributed by atoms with Gasteiger partial charge in [0.2, 0.25) is 5.91 Å². The van der Waals surface area contributed by atoms with E-state index in [9.17, 15) is 14.4 Å². The van der Waals surface area contributed by atoms with Crippen LogP contribution in [0.3, 0.4) is 0 Å². The molecule has 0 saturated carbocycles. The zero-order chi connectivity index (χ0) is 22.4. The van der Waals surface area contributed by atoms with E-state index in [0.29, 0.717) is 33.9 Å². The van der Waals surface area contributed by atoms with Gasteiger partial charge in [-0.05, 0) is 48.0 Å². The molecule has 0 aliphatic carbocycles. The number of benzene rings is 3. The van der Waals surface area contributed by atoms with Crippen LogP contribution in [0.25, 0.3) is 0 Å². The Balaban J connectivity index is 1.68. The Morgan fingerprint density at radius 3 is 2.06 bits per heavy atom. The molecule has 0 spiro atoms. The molecule has 0 unspecified atom stereocenters. The van der Waals surface area contributed by atoms with Gasteiger partial charge in [-0.2, -0.15) is 0 Å². The molecule has 0 heterocycles. The fourth-order valence-electron chi connectivity index (χ4n) is 2.91. The maximum Gasteiger partial charge on any atom is 0.252 e. The molecule has 158 valence electrons. The molecule has 2 N–H and O–H groups in total. The van der Waals surface area contributed by atoms with E-state index in [-0.39, 0.29) is 23.5 Å². The lowest BCUT2D eigenvalue weighted by atomic mass is 9.98. The minimum Gasteiger partial charge on any atom is -0.348 e. The second-order valence-electron chi connectivity index (χ2n) is 7.41. The fraction of sp³-hybridized carbons (Fsp3) is 0.160. The zero-order valence-electron chi connectivity index (χ0n) is 17.3. The summed E-state index contributed by atoms with van der Waals surface area (Å²) < 4.78 is 0. The number of rotatable bonds is 7. The average Bonchev–Trinajstić information content (AvgIpc) is 2.78. The summed E-state index contributed by atoms with van der Waals surface area (Å²) in [5.41, 5.74) is 2.67. The highest BCUT2D eigenvalue weighted by Crippen LogP contribution is 2.17. The molecule has 31 heavy (non-hydrogen) atoms. The fourth-order valence-corrected chi connectivity index (χ4v) is 3.03. The number of carbonyl (C=O) groups excluding carboxylic acids is 3. The van der Waals surface area contributed by atoms with E-state index < -0.39 is 0 Å². The molecule has 5 nitrogen and oxygen atoms in total. The Morgan fingerprint density at radius 2 is 1.45 bits per heavy atom. The summed E-state index contributed by atoms with van der Waals surface area (Å²) in [4.78, 5) is 37.4. The third-order valence-electron chi connectivity index (χ3n) is 4.72. The Hall–Kier alpha value is -3.44. The second kappa shape index (κ2) is 10.0. The van der Waals surface area contributed by atoms with Crippen LogP contribution in [-0.2, 0) is 11.3 Å². The molecule has 0 bridgehead atoms. The predicted molar refractivity (Wildman–Crippen MR) is 122 cm³/mol. The smallest absolute Gasteiger partial charge is 0.252 e. The van der Waals surface area contributed by atoms with Crippen molar-refractivity contribution < 1.29 is 14.4 Å². The largest absolute Gasteiger partial charge is 0.348 e. The third kappa shape index (κ3) is 5.80. The van der Waals surface area contributed by atoms with Crippen LogP contribution < -0.4 is 10.6 Å². The van der Waals surface area contributed by atoms with Crippen LogP contribution in [0, 0.1) is 5.92 Å². The average molecular weight is 435 g/mol. The number of nitrogens with one attached hydrogen (secondary N) is 2. The van der Waals surface area contributed by atoms with Crippen LogP contribution in [0.2, 0.25) is 5.02 Å². The van der Waals surface area contributed by atoms with Crippen molar-refractivity contribution in [2.75, 3.05) is 5.32 Å². The minimum absolute atomic E-state index is 0.0528. The first kappa shape index (κ1) is 22.2. The van der Waals surface area contributed by atoms with Crippen LogP contribution in [-0.4, -0.2) is 17.6 Å². The standard InChI is InChI=1S/C25H23ClN2O3/c1-16(2)24(30)28-20-13-7-17(8-14-20)15-27-25(31)22-6-4-3-5-21(22)23(29)18-9-11-19(26)12-10-18/h3-14,16H,15H2,1-2H3,(H,27,31)(H,28,30). The molecule has 3 aromatic carbocycles. The van der Waals surface area contributed by atoms with Crippen molar-refractivity contribution in [1.82, 2.24) is 5.32 Å². The molecule has 0 fully saturated rings. The van der Waals surface area contributed by atoms with E-state index >= 15 is 0 Å². The molecule has 0 aliphatic heterocycles. The van der Waals surface area contributed by atoms with E-state index in [0.717, 1.165) is 5.56 Å². The van der Waals surface area contributed by atoms with Gasteiger partial charge >= 0.3 is 0 Å². The number of ketones is 1. The van der Waals surface area contributed by atoms with Crippen molar-refractivity contribution in [2.45, 2.75) is 20.4 Å². The number of amides is 2. The van der Waals surface area contributed by atoms with Crippen LogP contribution in [0.15, 0.2) is 72.8 Å². The van der Waals surface area contributed by atoms with Gasteiger partial charge in [-0.3, -0.25) is 14.4 Å². The Kier molecular flexibility index (Phi) is 7.21. The van der Waals surface area contributed by atoms with Gasteiger partial charge in [0.25, 0.3) is 5.91 Å². The third-order valence-corrected chi connectivity index (χ3v) is 4.97. The van der Waals surface area contributed by atoms with E-state index in [1.807, 2.05) is 26.0 Å². The van der Waals surface area contributed by atoms with Crippen molar-refractivity contribution >= 4 is 34.9 Å². The highest BCUT2D eigenvalue weighted by Gasteiger charge is 2.18. The number of anilines is 1. The normalized spacial score (nSPS) is 10.6. The summed E-state index contributed by atoms with van der Waals surface area (Å²) in [6, 6.07) is 20.5. The Labute approximate surface area is 186 Å². The summed E-state index contributed by atoms with van der Waals surface area (Å²) in [5, 5.41) is 6.22. The first-order chi connectivity index (χ1) is 14.8. The molecular weight excluding hydrogens is 412 g/mol. The summed E-state index contributed by atoms with van der Waals surface area (Å²) in [5.74, 6) is -0.736. The van der Waals surface area contributed by atoms with Gasteiger partial charge in [0, 0.05) is 34.3 Å². The van der Waals surface area contributed by atoms with Crippen LogP contribution >= 0.6 is 11.6 Å². The second-order valence-corrected chi connectivity index (χ2v) is 7.84. The van der Waals surface area contributed by atoms with Crippen molar-refractivity contribution in [2.24, 2.45) is 5.92 Å². The molecule has 6 heteroatoms. The molecule has 3 rings (SSSR count). The Bertz CT molecular complexity index is 1090. The maximum absolute atomic E-state index is 12.9. The predicted octanol–water partition coefficient (Wildman–Crippen LogP) is 5.10. The lowest BCUT2D eigenvalue weighted by molar-refractivity contribution is -0.118. The minimum atomic E-state index is -0.338. The number of halogens is 1. The number of hydrogen-bond donors (Lipinski definition) is 2. The van der Waals surface area contributed by atoms with Crippen molar-refractivity contribution in [3.63, 3.8) is 0 Å². The SMILES string of the molecule is CC(C)C(=O)Nc1ccc(CNC(=O)c2ccccc2C(=O)c2ccc(Cl)cc2)cc1. The first-order valence-electron chi connectivity index (χ1n) is 9.92. The van der Waals surface area contributed by atoms with Gasteiger partial charge < -0.3 is 10.6 Å². The quantitative estimate of drug-likeness (QED) is 0.508. The lowest BCUT2D eigenvalue weighted by Gasteiger charge is -2.11. The summed E-state index contributed by atoms with van der Waals surface area (Å²) in [6.07, 6.45) is 0. The van der Waals surface area contributed by atoms with E-state index in [1.165, 1.54) is 0 Å². The van der Waals surface area contributed by atoms with Crippen molar-refractivity contribution in [1.29, 1.82) is 0 Å². The first-order valence-corrected chi connectivity index (χ1v) is 10.3. The van der Waals surface area contributed by atoms with Gasteiger partial charge in [0.15, 0.2) is 5.78 Å². The molecule has 0 atom stereocenters. The molecule has 0 aliphatic rings. The van der Waals surface area contributed by atoms with Gasteiger partial charge in [0.1, 0.15) is 0 Å². The van der Waals surface area contributed by atoms with E-state index in [4.69, 9.17) is 11.6 Å². The highest BCUT2D eigenvalue weighted by molar-refractivity contribution is 6.30. The molecule has 0 radical (unpaired) electrons. The van der Waals surface area contributed by atoms with Crippen LogP contribution in [0.5, 0.6) is 0 Å². The van der Waals surface area contributed by atoms with Gasteiger partial charge in [-0.25, -0.2) is 0 Å². The van der Waals surface area contributed by atoms with Crippen molar-refractivity contribution in [3.05, 3.63) is 100 Å². The summed E-state index contributed by atoms with van der Waals surface area (Å²) >= 11 is 5.90. The summed E-state index contributed by atoms with van der Waals surface area (Å²) in [7, 11) is 0. The topological polar surface area (TPSA) is 75.3 Å². The highest BCUT2D eigenvalue weighted by atomic mass is 35.5. The monoisotopic (exact) mass is 434 g/mol. The molecule has 3 aromatic rings. The van der Waals surface area contributed by atoms with Gasteiger partial charge in [0.05, 0.1) is 5.56 Å².